The molecule has 0 saturated heterocycles. The molecule has 98 valence electrons. The summed E-state index contributed by atoms with van der Waals surface area (Å²) in [5.41, 5.74) is 0.957. The third-order valence-electron chi connectivity index (χ3n) is 4.07. The van der Waals surface area contributed by atoms with Crippen LogP contribution in [0.15, 0.2) is 60.9 Å². The molecule has 0 radical (unpaired) electrons. The van der Waals surface area contributed by atoms with Crippen LogP contribution in [0.3, 0.4) is 0 Å². The van der Waals surface area contributed by atoms with Crippen LogP contribution in [0.25, 0.3) is 38.0 Å². The summed E-state index contributed by atoms with van der Waals surface area (Å²) in [5, 5.41) is 19.5. The Balaban J connectivity index is 2.07. The molecular weight excluding hydrogens is 260 g/mol. The molecule has 4 aromatic carbocycles. The van der Waals surface area contributed by atoms with Crippen LogP contribution in [0, 0.1) is 0 Å². The summed E-state index contributed by atoms with van der Waals surface area (Å²) in [7, 11) is 0. The molecule has 4 nitrogen and oxygen atoms in total. The van der Waals surface area contributed by atoms with Crippen LogP contribution in [0.4, 0.5) is 0 Å². The number of aromatic nitrogens is 4. The zero-order valence-corrected chi connectivity index (χ0v) is 11.1. The monoisotopic (exact) mass is 270 g/mol. The van der Waals surface area contributed by atoms with Gasteiger partial charge in [0.2, 0.25) is 0 Å². The maximum Gasteiger partial charge on any atom is 0.162 e. The van der Waals surface area contributed by atoms with Gasteiger partial charge in [-0.15, -0.1) is 15.0 Å². The quantitative estimate of drug-likeness (QED) is 0.437. The Hall–Kier alpha value is -3.01. The van der Waals surface area contributed by atoms with Crippen molar-refractivity contribution in [3.8, 4) is 5.69 Å². The summed E-state index contributed by atoms with van der Waals surface area (Å²) >= 11 is 0. The minimum absolute atomic E-state index is 0.957. The summed E-state index contributed by atoms with van der Waals surface area (Å²) in [6.07, 6.45) is 1.46. The van der Waals surface area contributed by atoms with E-state index in [1.165, 1.54) is 33.3 Å². The minimum atomic E-state index is 0.957. The van der Waals surface area contributed by atoms with Gasteiger partial charge in [-0.25, -0.2) is 0 Å². The topological polar surface area (TPSA) is 43.6 Å². The lowest BCUT2D eigenvalue weighted by molar-refractivity contribution is 0.724. The fourth-order valence-corrected chi connectivity index (χ4v) is 3.17. The van der Waals surface area contributed by atoms with E-state index in [4.69, 9.17) is 0 Å². The van der Waals surface area contributed by atoms with E-state index >= 15 is 0 Å². The maximum absolute atomic E-state index is 4.16. The third-order valence-corrected chi connectivity index (χ3v) is 4.07. The van der Waals surface area contributed by atoms with Crippen LogP contribution in [0.2, 0.25) is 0 Å². The smallest absolute Gasteiger partial charge is 0.135 e. The predicted molar refractivity (Wildman–Crippen MR) is 82.9 cm³/mol. The van der Waals surface area contributed by atoms with Gasteiger partial charge in [0.15, 0.2) is 6.33 Å². The van der Waals surface area contributed by atoms with Crippen LogP contribution >= 0.6 is 0 Å². The lowest BCUT2D eigenvalue weighted by atomic mass is 9.94. The van der Waals surface area contributed by atoms with Crippen molar-refractivity contribution in [2.75, 3.05) is 0 Å². The highest BCUT2D eigenvalue weighted by molar-refractivity contribution is 6.24. The Morgan fingerprint density at radius 3 is 2.19 bits per heavy atom. The SMILES string of the molecule is c1cc2ccc3ccc(-n4ncnn4)c4ccc(c1)c2c34. The van der Waals surface area contributed by atoms with Gasteiger partial charge in [0.25, 0.3) is 0 Å². The average Bonchev–Trinajstić information content (AvgIpc) is 3.07. The van der Waals surface area contributed by atoms with Crippen molar-refractivity contribution in [3.63, 3.8) is 0 Å². The molecule has 0 atom stereocenters. The lowest BCUT2D eigenvalue weighted by Crippen LogP contribution is -2.00. The Bertz CT molecular complexity index is 1060. The Morgan fingerprint density at radius 1 is 0.714 bits per heavy atom. The number of rotatable bonds is 1. The van der Waals surface area contributed by atoms with Gasteiger partial charge in [-0.05, 0) is 38.2 Å². The number of hydrogen-bond acceptors (Lipinski definition) is 3. The molecule has 0 aliphatic heterocycles. The van der Waals surface area contributed by atoms with E-state index in [1.54, 1.807) is 4.80 Å². The molecule has 0 aliphatic rings. The lowest BCUT2D eigenvalue weighted by Gasteiger charge is -2.12. The molecule has 1 heterocycles. The Labute approximate surface area is 119 Å². The molecule has 1 aromatic heterocycles. The highest BCUT2D eigenvalue weighted by Crippen LogP contribution is 2.36. The first-order valence-electron chi connectivity index (χ1n) is 6.82. The highest BCUT2D eigenvalue weighted by Gasteiger charge is 2.12. The molecule has 4 heteroatoms. The first kappa shape index (κ1) is 10.7. The van der Waals surface area contributed by atoms with Crippen LogP contribution in [0.1, 0.15) is 0 Å². The largest absolute Gasteiger partial charge is 0.162 e. The van der Waals surface area contributed by atoms with E-state index in [2.05, 4.69) is 63.9 Å². The number of tetrazole rings is 1. The molecule has 0 bridgehead atoms. The molecule has 0 unspecified atom stereocenters. The van der Waals surface area contributed by atoms with E-state index in [9.17, 15) is 0 Å². The Morgan fingerprint density at radius 2 is 1.43 bits per heavy atom. The van der Waals surface area contributed by atoms with Crippen molar-refractivity contribution in [1.29, 1.82) is 0 Å². The van der Waals surface area contributed by atoms with Gasteiger partial charge in [-0.1, -0.05) is 48.5 Å². The van der Waals surface area contributed by atoms with Gasteiger partial charge in [0, 0.05) is 5.39 Å². The molecule has 0 saturated carbocycles. The van der Waals surface area contributed by atoms with Crippen molar-refractivity contribution in [1.82, 2.24) is 20.2 Å². The van der Waals surface area contributed by atoms with Gasteiger partial charge < -0.3 is 0 Å². The molecule has 21 heavy (non-hydrogen) atoms. The molecule has 5 rings (SSSR count). The van der Waals surface area contributed by atoms with Crippen molar-refractivity contribution in [2.24, 2.45) is 0 Å². The fourth-order valence-electron chi connectivity index (χ4n) is 3.17. The number of benzene rings is 4. The standard InChI is InChI=1S/C17H10N4/c1-2-11-4-5-13-7-9-15(21-19-10-18-20-21)14-8-6-12(3-1)16(11)17(13)14/h1-10H. The first-order valence-corrected chi connectivity index (χ1v) is 6.82. The second-order valence-electron chi connectivity index (χ2n) is 5.17. The second kappa shape index (κ2) is 3.76. The van der Waals surface area contributed by atoms with Crippen LogP contribution in [0.5, 0.6) is 0 Å². The van der Waals surface area contributed by atoms with E-state index in [0.29, 0.717) is 0 Å². The van der Waals surface area contributed by atoms with Crippen molar-refractivity contribution in [3.05, 3.63) is 60.9 Å². The van der Waals surface area contributed by atoms with Crippen LogP contribution in [-0.2, 0) is 0 Å². The normalized spacial score (nSPS) is 11.8. The highest BCUT2D eigenvalue weighted by atomic mass is 15.6. The van der Waals surface area contributed by atoms with Crippen LogP contribution in [-0.4, -0.2) is 20.2 Å². The van der Waals surface area contributed by atoms with Gasteiger partial charge in [0.05, 0.1) is 5.69 Å². The van der Waals surface area contributed by atoms with Gasteiger partial charge in [-0.3, -0.25) is 0 Å². The number of hydrogen-bond donors (Lipinski definition) is 0. The van der Waals surface area contributed by atoms with E-state index in [1.807, 2.05) is 6.07 Å². The minimum Gasteiger partial charge on any atom is -0.135 e. The van der Waals surface area contributed by atoms with E-state index < -0.39 is 0 Å². The Kier molecular flexibility index (Phi) is 1.92. The fraction of sp³-hybridized carbons (Fsp3) is 0. The molecule has 0 spiro atoms. The van der Waals surface area contributed by atoms with Crippen molar-refractivity contribution in [2.45, 2.75) is 0 Å². The van der Waals surface area contributed by atoms with Gasteiger partial charge in [0.1, 0.15) is 0 Å². The molecule has 0 aliphatic carbocycles. The van der Waals surface area contributed by atoms with Gasteiger partial charge in [-0.2, -0.15) is 0 Å². The average molecular weight is 270 g/mol. The first-order chi connectivity index (χ1) is 10.4. The van der Waals surface area contributed by atoms with Crippen molar-refractivity contribution >= 4 is 32.3 Å². The molecule has 0 fully saturated rings. The zero-order valence-electron chi connectivity index (χ0n) is 11.1. The third kappa shape index (κ3) is 1.36. The van der Waals surface area contributed by atoms with Crippen LogP contribution < -0.4 is 0 Å². The zero-order chi connectivity index (χ0) is 13.8. The summed E-state index contributed by atoms with van der Waals surface area (Å²) in [4.78, 5) is 1.58. The summed E-state index contributed by atoms with van der Waals surface area (Å²) < 4.78 is 0. The van der Waals surface area contributed by atoms with Gasteiger partial charge >= 0.3 is 0 Å². The molecule has 0 N–H and O–H groups in total. The predicted octanol–water partition coefficient (Wildman–Crippen LogP) is 3.56. The number of nitrogens with zero attached hydrogens (tertiary/aromatic N) is 4. The summed E-state index contributed by atoms with van der Waals surface area (Å²) in [6, 6.07) is 19.2. The van der Waals surface area contributed by atoms with E-state index in [0.717, 1.165) is 11.1 Å². The molecular formula is C17H10N4. The molecule has 5 aromatic rings. The summed E-state index contributed by atoms with van der Waals surface area (Å²) in [5.74, 6) is 0. The summed E-state index contributed by atoms with van der Waals surface area (Å²) in [6.45, 7) is 0. The second-order valence-corrected chi connectivity index (χ2v) is 5.17. The molecule has 0 amide bonds. The van der Waals surface area contributed by atoms with Crippen molar-refractivity contribution < 1.29 is 0 Å². The van der Waals surface area contributed by atoms with E-state index in [-0.39, 0.29) is 0 Å². The maximum atomic E-state index is 4.16.